The number of halogens is 1. The van der Waals surface area contributed by atoms with Gasteiger partial charge in [-0.25, -0.2) is 13.2 Å². The number of hydrogen-bond donors (Lipinski definition) is 5. The molecule has 0 atom stereocenters. The summed E-state index contributed by atoms with van der Waals surface area (Å²) in [5, 5.41) is 24.2. The molecule has 0 unspecified atom stereocenters. The van der Waals surface area contributed by atoms with Gasteiger partial charge in [-0.3, -0.25) is 9.59 Å². The molecule has 0 spiro atoms. The smallest absolute Gasteiger partial charge is 0.352 e. The molecule has 37 heavy (non-hydrogen) atoms. The zero-order valence-corrected chi connectivity index (χ0v) is 21.5. The molecular formula is C25H26ClN3O7S. The monoisotopic (exact) mass is 547 g/mol. The van der Waals surface area contributed by atoms with Gasteiger partial charge in [0.05, 0.1) is 21.9 Å². The third kappa shape index (κ3) is 4.88. The van der Waals surface area contributed by atoms with E-state index in [-0.39, 0.29) is 27.2 Å². The molecule has 0 aliphatic heterocycles. The number of nitrogens with two attached hydrogens (primary N) is 1. The van der Waals surface area contributed by atoms with E-state index in [0.29, 0.717) is 18.4 Å². The first kappa shape index (κ1) is 26.5. The first-order valence-corrected chi connectivity index (χ1v) is 13.8. The number of aromatic hydroxyl groups is 1. The summed E-state index contributed by atoms with van der Waals surface area (Å²) in [6.07, 6.45) is 3.84. The van der Waals surface area contributed by atoms with Gasteiger partial charge >= 0.3 is 5.97 Å². The fourth-order valence-corrected chi connectivity index (χ4v) is 6.08. The summed E-state index contributed by atoms with van der Waals surface area (Å²) in [6.45, 7) is 1.38. The van der Waals surface area contributed by atoms with Crippen LogP contribution in [0.3, 0.4) is 0 Å². The highest BCUT2D eigenvalue weighted by atomic mass is 35.5. The summed E-state index contributed by atoms with van der Waals surface area (Å²) in [5.74, 6) is -4.58. The second-order valence-electron chi connectivity index (χ2n) is 8.98. The number of benzene rings is 2. The average Bonchev–Trinajstić information content (AvgIpc) is 3.23. The van der Waals surface area contributed by atoms with Gasteiger partial charge in [-0.1, -0.05) is 37.8 Å². The Bertz CT molecular complexity index is 1540. The molecule has 1 aliphatic rings. The van der Waals surface area contributed by atoms with Crippen molar-refractivity contribution in [1.29, 1.82) is 0 Å². The Morgan fingerprint density at radius 3 is 2.41 bits per heavy atom. The van der Waals surface area contributed by atoms with Gasteiger partial charge in [0.25, 0.3) is 5.91 Å². The molecule has 2 aromatic carbocycles. The van der Waals surface area contributed by atoms with Crippen molar-refractivity contribution in [2.75, 3.05) is 11.1 Å². The van der Waals surface area contributed by atoms with Gasteiger partial charge in [0.15, 0.2) is 15.6 Å². The summed E-state index contributed by atoms with van der Waals surface area (Å²) >= 11 is 6.19. The minimum absolute atomic E-state index is 0.109. The number of H-pyrrole nitrogens is 1. The van der Waals surface area contributed by atoms with E-state index in [4.69, 9.17) is 17.3 Å². The van der Waals surface area contributed by atoms with Crippen LogP contribution in [0.25, 0.3) is 22.0 Å². The lowest BCUT2D eigenvalue weighted by atomic mass is 9.88. The first-order valence-electron chi connectivity index (χ1n) is 11.7. The van der Waals surface area contributed by atoms with Crippen molar-refractivity contribution >= 4 is 55.8 Å². The van der Waals surface area contributed by atoms with Gasteiger partial charge in [-0.05, 0) is 37.1 Å². The number of primary amides is 1. The van der Waals surface area contributed by atoms with Crippen LogP contribution in [-0.4, -0.2) is 47.2 Å². The van der Waals surface area contributed by atoms with Crippen LogP contribution in [0.4, 0.5) is 5.69 Å². The van der Waals surface area contributed by atoms with Crippen LogP contribution < -0.4 is 11.1 Å². The summed E-state index contributed by atoms with van der Waals surface area (Å²) in [7, 11) is -4.14. The van der Waals surface area contributed by atoms with E-state index in [1.807, 2.05) is 0 Å². The number of carboxylic acids is 1. The molecule has 3 aromatic rings. The maximum atomic E-state index is 13.3. The maximum absolute atomic E-state index is 13.3. The molecule has 0 saturated heterocycles. The Hall–Kier alpha value is -3.57. The molecule has 6 N–H and O–H groups in total. The van der Waals surface area contributed by atoms with Crippen LogP contribution in [0.2, 0.25) is 5.02 Å². The molecule has 0 bridgehead atoms. The standard InChI is InChI=1S/C25H26ClN3O7S/c1-2-37(35,36)17-11-15(23(27)31)22(30)20(29-24(32)12-6-4-3-5-7-12)19(17)18-14-10-13(26)8-9-16(14)28-21(18)25(33)34/h8-12,28,30H,2-7H2,1H3,(H2,27,31)(H,29,32)(H,33,34). The van der Waals surface area contributed by atoms with E-state index < -0.39 is 61.2 Å². The lowest BCUT2D eigenvalue weighted by Gasteiger charge is -2.24. The molecule has 1 aliphatic carbocycles. The largest absolute Gasteiger partial charge is 0.505 e. The van der Waals surface area contributed by atoms with E-state index in [9.17, 15) is 33.0 Å². The average molecular weight is 548 g/mol. The SMILES string of the molecule is CCS(=O)(=O)c1cc(C(N)=O)c(O)c(NC(=O)C2CCCCC2)c1-c1c(C(=O)O)[nH]c2ccc(Cl)cc12. The van der Waals surface area contributed by atoms with Crippen LogP contribution in [-0.2, 0) is 14.6 Å². The van der Waals surface area contributed by atoms with Crippen molar-refractivity contribution in [1.82, 2.24) is 4.98 Å². The van der Waals surface area contributed by atoms with E-state index in [1.54, 1.807) is 0 Å². The number of sulfone groups is 1. The van der Waals surface area contributed by atoms with Crippen molar-refractivity contribution in [3.8, 4) is 16.9 Å². The van der Waals surface area contributed by atoms with Gasteiger partial charge in [-0.2, -0.15) is 0 Å². The number of hydrogen-bond acceptors (Lipinski definition) is 6. The number of aromatic nitrogens is 1. The molecule has 1 fully saturated rings. The van der Waals surface area contributed by atoms with Crippen LogP contribution in [0.15, 0.2) is 29.2 Å². The molecule has 1 heterocycles. The number of anilines is 1. The minimum atomic E-state index is -4.14. The van der Waals surface area contributed by atoms with Gasteiger partial charge < -0.3 is 26.2 Å². The second-order valence-corrected chi connectivity index (χ2v) is 11.7. The number of phenols is 1. The van der Waals surface area contributed by atoms with Gasteiger partial charge in [0, 0.05) is 33.0 Å². The van der Waals surface area contributed by atoms with Gasteiger partial charge in [0.2, 0.25) is 5.91 Å². The predicted octanol–water partition coefficient (Wildman–Crippen LogP) is 4.30. The molecule has 196 valence electrons. The van der Waals surface area contributed by atoms with Gasteiger partial charge in [-0.15, -0.1) is 0 Å². The molecule has 2 amide bonds. The highest BCUT2D eigenvalue weighted by Crippen LogP contribution is 2.47. The summed E-state index contributed by atoms with van der Waals surface area (Å²) in [4.78, 5) is 40.0. The quantitative estimate of drug-likeness (QED) is 0.273. The number of carboxylic acid groups (broad SMARTS) is 1. The fraction of sp³-hybridized carbons (Fsp3) is 0.320. The predicted molar refractivity (Wildman–Crippen MR) is 139 cm³/mol. The number of aromatic carboxylic acids is 1. The number of carbonyl (C=O) groups excluding carboxylic acids is 2. The Balaban J connectivity index is 2.14. The van der Waals surface area contributed by atoms with Gasteiger partial charge in [0.1, 0.15) is 5.69 Å². The molecule has 10 nitrogen and oxygen atoms in total. The van der Waals surface area contributed by atoms with Crippen LogP contribution >= 0.6 is 11.6 Å². The molecule has 1 aromatic heterocycles. The number of carbonyl (C=O) groups is 3. The number of nitrogens with one attached hydrogen (secondary N) is 2. The van der Waals surface area contributed by atoms with Crippen molar-refractivity contribution in [3.05, 3.63) is 40.5 Å². The van der Waals surface area contributed by atoms with Crippen LogP contribution in [0.5, 0.6) is 5.75 Å². The molecule has 4 rings (SSSR count). The Kier molecular flexibility index (Phi) is 7.20. The van der Waals surface area contributed by atoms with Crippen molar-refractivity contribution < 1.29 is 33.0 Å². The van der Waals surface area contributed by atoms with Crippen molar-refractivity contribution in [2.45, 2.75) is 43.9 Å². The molecule has 0 radical (unpaired) electrons. The fourth-order valence-electron chi connectivity index (χ4n) is 4.78. The van der Waals surface area contributed by atoms with Crippen molar-refractivity contribution in [3.63, 3.8) is 0 Å². The second kappa shape index (κ2) is 10.1. The first-order chi connectivity index (χ1) is 17.5. The topological polar surface area (TPSA) is 180 Å². The number of rotatable bonds is 7. The molecule has 12 heteroatoms. The molecular weight excluding hydrogens is 522 g/mol. The van der Waals surface area contributed by atoms with E-state index in [2.05, 4.69) is 10.3 Å². The van der Waals surface area contributed by atoms with Crippen LogP contribution in [0, 0.1) is 5.92 Å². The summed E-state index contributed by atoms with van der Waals surface area (Å²) in [5.41, 5.74) is 4.09. The molecule has 1 saturated carbocycles. The number of fused-ring (bicyclic) bond motifs is 1. The van der Waals surface area contributed by atoms with E-state index in [0.717, 1.165) is 25.3 Å². The summed E-state index contributed by atoms with van der Waals surface area (Å²) < 4.78 is 26.6. The van der Waals surface area contributed by atoms with E-state index in [1.165, 1.54) is 25.1 Å². The lowest BCUT2D eigenvalue weighted by Crippen LogP contribution is -2.26. The van der Waals surface area contributed by atoms with E-state index >= 15 is 0 Å². The highest BCUT2D eigenvalue weighted by molar-refractivity contribution is 7.91. The number of amides is 2. The summed E-state index contributed by atoms with van der Waals surface area (Å²) in [6, 6.07) is 5.42. The minimum Gasteiger partial charge on any atom is -0.505 e. The Morgan fingerprint density at radius 2 is 1.81 bits per heavy atom. The Labute approximate surface area is 217 Å². The highest BCUT2D eigenvalue weighted by Gasteiger charge is 2.33. The Morgan fingerprint density at radius 1 is 1.14 bits per heavy atom. The zero-order chi connectivity index (χ0) is 27.1. The van der Waals surface area contributed by atoms with Crippen molar-refractivity contribution in [2.24, 2.45) is 11.7 Å². The normalized spacial score (nSPS) is 14.5. The lowest BCUT2D eigenvalue weighted by molar-refractivity contribution is -0.120. The third-order valence-electron chi connectivity index (χ3n) is 6.69. The maximum Gasteiger partial charge on any atom is 0.352 e. The number of aromatic amines is 1. The van der Waals surface area contributed by atoms with Crippen LogP contribution in [0.1, 0.15) is 59.9 Å². The zero-order valence-electron chi connectivity index (χ0n) is 19.9. The third-order valence-corrected chi connectivity index (χ3v) is 8.68.